The summed E-state index contributed by atoms with van der Waals surface area (Å²) in [6.07, 6.45) is 3.90. The number of carbonyl (C=O) groups is 1. The predicted octanol–water partition coefficient (Wildman–Crippen LogP) is 7.09. The number of hydrogen-bond donors (Lipinski definition) is 0. The highest BCUT2D eigenvalue weighted by atomic mass is 35.5. The van der Waals surface area contributed by atoms with Crippen LogP contribution in [0.15, 0.2) is 59.5 Å². The first kappa shape index (κ1) is 22.6. The summed E-state index contributed by atoms with van der Waals surface area (Å²) in [6, 6.07) is 17.3. The van der Waals surface area contributed by atoms with Gasteiger partial charge in [0.05, 0.1) is 29.3 Å². The molecule has 0 saturated carbocycles. The van der Waals surface area contributed by atoms with Crippen molar-refractivity contribution in [2.45, 2.75) is 19.8 Å². The Balaban J connectivity index is 1.74. The first-order chi connectivity index (χ1) is 15.5. The van der Waals surface area contributed by atoms with Gasteiger partial charge in [-0.2, -0.15) is 0 Å². The van der Waals surface area contributed by atoms with Gasteiger partial charge in [0, 0.05) is 5.56 Å². The normalized spacial score (nSPS) is 15.1. The number of halogens is 1. The first-order valence-corrected chi connectivity index (χ1v) is 11.9. The molecule has 4 rings (SSSR count). The van der Waals surface area contributed by atoms with Crippen LogP contribution < -0.4 is 14.4 Å². The molecule has 1 amide bonds. The molecule has 32 heavy (non-hydrogen) atoms. The van der Waals surface area contributed by atoms with E-state index in [1.54, 1.807) is 25.3 Å². The van der Waals surface area contributed by atoms with Crippen molar-refractivity contribution in [2.24, 2.45) is 0 Å². The molecule has 0 atom stereocenters. The summed E-state index contributed by atoms with van der Waals surface area (Å²) in [6.45, 7) is 2.75. The quantitative estimate of drug-likeness (QED) is 0.204. The number of methoxy groups -OCH3 is 1. The average Bonchev–Trinajstić information content (AvgIpc) is 3.07. The zero-order valence-corrected chi connectivity index (χ0v) is 20.2. The lowest BCUT2D eigenvalue weighted by molar-refractivity contribution is -0.113. The number of nitrogens with zero attached hydrogens (tertiary/aromatic N) is 1. The van der Waals surface area contributed by atoms with Gasteiger partial charge in [-0.25, -0.2) is 0 Å². The SMILES string of the molecule is CCCCOc1ccc2ccccc2c1/C=C1\SC(=S)N(c2ccc(OC)c(Cl)c2)C1=O. The number of unbranched alkanes of at least 4 members (excludes halogenated alkanes) is 1. The van der Waals surface area contributed by atoms with E-state index in [9.17, 15) is 4.79 Å². The molecule has 1 fully saturated rings. The summed E-state index contributed by atoms with van der Waals surface area (Å²) in [7, 11) is 1.55. The molecule has 0 N–H and O–H groups in total. The van der Waals surface area contributed by atoms with Gasteiger partial charge in [-0.3, -0.25) is 9.69 Å². The van der Waals surface area contributed by atoms with Crippen LogP contribution in [0.2, 0.25) is 5.02 Å². The van der Waals surface area contributed by atoms with Gasteiger partial charge in [-0.05, 0) is 47.5 Å². The zero-order chi connectivity index (χ0) is 22.7. The molecule has 4 nitrogen and oxygen atoms in total. The second-order valence-electron chi connectivity index (χ2n) is 7.24. The summed E-state index contributed by atoms with van der Waals surface area (Å²) in [5.74, 6) is 1.12. The standard InChI is InChI=1S/C25H22ClNO3S2/c1-3-4-13-30-21-11-9-16-7-5-6-8-18(16)19(21)15-23-24(28)27(25(31)32-23)17-10-12-22(29-2)20(26)14-17/h5-12,14-15H,3-4,13H2,1-2H3/b23-15-. The third kappa shape index (κ3) is 4.49. The fourth-order valence-electron chi connectivity index (χ4n) is 3.49. The molecule has 164 valence electrons. The van der Waals surface area contributed by atoms with Crippen LogP contribution in [0, 0.1) is 0 Å². The summed E-state index contributed by atoms with van der Waals surface area (Å²) in [5.41, 5.74) is 1.49. The molecular weight excluding hydrogens is 462 g/mol. The molecule has 0 radical (unpaired) electrons. The van der Waals surface area contributed by atoms with E-state index in [0.717, 1.165) is 34.9 Å². The van der Waals surface area contributed by atoms with Crippen LogP contribution in [0.1, 0.15) is 25.3 Å². The number of hydrogen-bond acceptors (Lipinski definition) is 5. The van der Waals surface area contributed by atoms with Crippen molar-refractivity contribution >= 4 is 68.3 Å². The van der Waals surface area contributed by atoms with Gasteiger partial charge in [0.15, 0.2) is 4.32 Å². The van der Waals surface area contributed by atoms with E-state index in [1.807, 2.05) is 42.5 Å². The third-order valence-corrected chi connectivity index (χ3v) is 6.75. The Morgan fingerprint density at radius 3 is 2.66 bits per heavy atom. The van der Waals surface area contributed by atoms with Crippen LogP contribution in [0.25, 0.3) is 16.8 Å². The number of carbonyl (C=O) groups excluding carboxylic acids is 1. The number of ether oxygens (including phenoxy) is 2. The first-order valence-electron chi connectivity index (χ1n) is 10.3. The molecule has 3 aromatic carbocycles. The van der Waals surface area contributed by atoms with Crippen molar-refractivity contribution in [3.05, 3.63) is 70.1 Å². The largest absolute Gasteiger partial charge is 0.495 e. The molecule has 0 bridgehead atoms. The van der Waals surface area contributed by atoms with Gasteiger partial charge in [-0.1, -0.05) is 79.3 Å². The number of thioether (sulfide) groups is 1. The highest BCUT2D eigenvalue weighted by Gasteiger charge is 2.34. The Hall–Kier alpha value is -2.54. The molecule has 0 spiro atoms. The fourth-order valence-corrected chi connectivity index (χ4v) is 5.03. The van der Waals surface area contributed by atoms with E-state index in [4.69, 9.17) is 33.3 Å². The zero-order valence-electron chi connectivity index (χ0n) is 17.8. The van der Waals surface area contributed by atoms with Crippen molar-refractivity contribution in [3.8, 4) is 11.5 Å². The summed E-state index contributed by atoms with van der Waals surface area (Å²) < 4.78 is 11.7. The monoisotopic (exact) mass is 483 g/mol. The minimum absolute atomic E-state index is 0.186. The molecule has 0 unspecified atom stereocenters. The minimum atomic E-state index is -0.186. The molecule has 3 aromatic rings. The number of rotatable bonds is 7. The Morgan fingerprint density at radius 2 is 1.91 bits per heavy atom. The number of thiocarbonyl (C=S) groups is 1. The van der Waals surface area contributed by atoms with E-state index in [2.05, 4.69) is 6.92 Å². The smallest absolute Gasteiger partial charge is 0.270 e. The number of anilines is 1. The van der Waals surface area contributed by atoms with E-state index in [-0.39, 0.29) is 5.91 Å². The molecule has 0 aliphatic carbocycles. The van der Waals surface area contributed by atoms with Crippen LogP contribution >= 0.6 is 35.6 Å². The van der Waals surface area contributed by atoms with Crippen LogP contribution in [-0.4, -0.2) is 23.9 Å². The van der Waals surface area contributed by atoms with Gasteiger partial charge in [0.2, 0.25) is 0 Å². The van der Waals surface area contributed by atoms with E-state index in [0.29, 0.717) is 32.3 Å². The fraction of sp³-hybridized carbons (Fsp3) is 0.200. The molecule has 1 aliphatic heterocycles. The Morgan fingerprint density at radius 1 is 1.12 bits per heavy atom. The van der Waals surface area contributed by atoms with Crippen LogP contribution in [0.3, 0.4) is 0 Å². The maximum absolute atomic E-state index is 13.3. The Kier molecular flexibility index (Phi) is 7.04. The van der Waals surface area contributed by atoms with Crippen LogP contribution in [-0.2, 0) is 4.79 Å². The van der Waals surface area contributed by atoms with Crippen LogP contribution in [0.5, 0.6) is 11.5 Å². The van der Waals surface area contributed by atoms with Crippen LogP contribution in [0.4, 0.5) is 5.69 Å². The second kappa shape index (κ2) is 9.94. The lowest BCUT2D eigenvalue weighted by Gasteiger charge is -2.16. The van der Waals surface area contributed by atoms with Gasteiger partial charge in [0.25, 0.3) is 5.91 Å². The Labute approximate surface area is 202 Å². The summed E-state index contributed by atoms with van der Waals surface area (Å²) >= 11 is 13.1. The van der Waals surface area contributed by atoms with Gasteiger partial charge >= 0.3 is 0 Å². The third-order valence-electron chi connectivity index (χ3n) is 5.15. The maximum Gasteiger partial charge on any atom is 0.270 e. The summed E-state index contributed by atoms with van der Waals surface area (Å²) in [5, 5.41) is 2.53. The maximum atomic E-state index is 13.3. The van der Waals surface area contributed by atoms with Gasteiger partial charge < -0.3 is 9.47 Å². The second-order valence-corrected chi connectivity index (χ2v) is 9.32. The molecule has 1 saturated heterocycles. The summed E-state index contributed by atoms with van der Waals surface area (Å²) in [4.78, 5) is 15.4. The number of fused-ring (bicyclic) bond motifs is 1. The van der Waals surface area contributed by atoms with E-state index in [1.165, 1.54) is 16.7 Å². The van der Waals surface area contributed by atoms with Crippen molar-refractivity contribution in [2.75, 3.05) is 18.6 Å². The molecule has 0 aromatic heterocycles. The minimum Gasteiger partial charge on any atom is -0.495 e. The number of amides is 1. The molecular formula is C25H22ClNO3S2. The molecule has 1 heterocycles. The topological polar surface area (TPSA) is 38.8 Å². The van der Waals surface area contributed by atoms with Crippen molar-refractivity contribution in [1.82, 2.24) is 0 Å². The average molecular weight is 484 g/mol. The van der Waals surface area contributed by atoms with Gasteiger partial charge in [-0.15, -0.1) is 0 Å². The van der Waals surface area contributed by atoms with Gasteiger partial charge in [0.1, 0.15) is 11.5 Å². The lowest BCUT2D eigenvalue weighted by Crippen LogP contribution is -2.27. The number of benzene rings is 3. The van der Waals surface area contributed by atoms with E-state index >= 15 is 0 Å². The highest BCUT2D eigenvalue weighted by molar-refractivity contribution is 8.27. The van der Waals surface area contributed by atoms with Crippen molar-refractivity contribution < 1.29 is 14.3 Å². The Bertz CT molecular complexity index is 1230. The van der Waals surface area contributed by atoms with Crippen molar-refractivity contribution in [3.63, 3.8) is 0 Å². The molecule has 1 aliphatic rings. The van der Waals surface area contributed by atoms with E-state index < -0.39 is 0 Å². The highest BCUT2D eigenvalue weighted by Crippen LogP contribution is 2.40. The predicted molar refractivity (Wildman–Crippen MR) is 138 cm³/mol. The molecule has 7 heteroatoms. The van der Waals surface area contributed by atoms with Crippen molar-refractivity contribution in [1.29, 1.82) is 0 Å². The lowest BCUT2D eigenvalue weighted by atomic mass is 10.0.